The standard InChI is InChI=1S/3CHF3O2S.Yb/c3*2-1(3,4)7(5)6;/h3*(H,5,6);/q;;;+3/p-3. The van der Waals surface area contributed by atoms with Gasteiger partial charge in [0.25, 0.3) is 0 Å². The van der Waals surface area contributed by atoms with E-state index in [1.165, 1.54) is 0 Å². The number of alkyl halides is 9. The molecule has 0 aromatic heterocycles. The number of hydrogen-bond acceptors (Lipinski definition) is 6. The van der Waals surface area contributed by atoms with E-state index in [0.29, 0.717) is 0 Å². The van der Waals surface area contributed by atoms with Crippen molar-refractivity contribution in [3.8, 4) is 0 Å². The van der Waals surface area contributed by atoms with Crippen LogP contribution in [0.25, 0.3) is 0 Å². The maximum atomic E-state index is 10.6. The molecular formula is C3F9O6S3Yb. The first kappa shape index (κ1) is 31.0. The fourth-order valence-electron chi connectivity index (χ4n) is 0. The molecule has 6 nitrogen and oxygen atoms in total. The molecule has 0 bridgehead atoms. The number of rotatable bonds is 0. The second-order valence-electron chi connectivity index (χ2n) is 2.04. The molecule has 0 aliphatic carbocycles. The van der Waals surface area contributed by atoms with Crippen LogP contribution in [-0.2, 0) is 33.2 Å². The third-order valence-electron chi connectivity index (χ3n) is 0.567. The van der Waals surface area contributed by atoms with Gasteiger partial charge in [-0.1, -0.05) is 0 Å². The molecule has 0 saturated heterocycles. The average Bonchev–Trinajstić information content (AvgIpc) is 2.14. The second kappa shape index (κ2) is 12.6. The van der Waals surface area contributed by atoms with E-state index < -0.39 is 49.8 Å². The van der Waals surface area contributed by atoms with Crippen LogP contribution in [0.5, 0.6) is 0 Å². The summed E-state index contributed by atoms with van der Waals surface area (Å²) >= 11 is -11.8. The largest absolute Gasteiger partial charge is 3.00 e. The Kier molecular flexibility index (Phi) is 17.7. The molecule has 0 saturated carbocycles. The zero-order chi connectivity index (χ0) is 18.2. The first-order chi connectivity index (χ1) is 8.83. The molecule has 3 atom stereocenters. The van der Waals surface area contributed by atoms with Gasteiger partial charge in [-0.2, -0.15) is 39.5 Å². The van der Waals surface area contributed by atoms with E-state index in [1.54, 1.807) is 0 Å². The molecule has 0 heterocycles. The van der Waals surface area contributed by atoms with Crippen LogP contribution in [0.1, 0.15) is 0 Å². The van der Waals surface area contributed by atoms with Crippen molar-refractivity contribution in [2.75, 3.05) is 0 Å². The average molecular weight is 572 g/mol. The monoisotopic (exact) mass is 573 g/mol. The molecule has 1 radical (unpaired) electrons. The van der Waals surface area contributed by atoms with E-state index in [9.17, 15) is 39.5 Å². The maximum absolute atomic E-state index is 10.6. The summed E-state index contributed by atoms with van der Waals surface area (Å²) in [6.45, 7) is 0. The van der Waals surface area contributed by atoms with Crippen molar-refractivity contribution in [2.45, 2.75) is 16.5 Å². The van der Waals surface area contributed by atoms with Gasteiger partial charge in [0.05, 0.1) is 33.2 Å². The Morgan fingerprint density at radius 2 is 0.545 bits per heavy atom. The minimum atomic E-state index is -5.08. The third-order valence-corrected chi connectivity index (χ3v) is 1.70. The quantitative estimate of drug-likeness (QED) is 0.318. The molecular weight excluding hydrogens is 572 g/mol. The minimum absolute atomic E-state index is 0. The normalized spacial score (nSPS) is 15.8. The molecule has 0 aromatic carbocycles. The van der Waals surface area contributed by atoms with Crippen LogP contribution in [0, 0.1) is 46.9 Å². The van der Waals surface area contributed by atoms with Gasteiger partial charge >= 0.3 is 63.4 Å². The van der Waals surface area contributed by atoms with Crippen LogP contribution < -0.4 is 0 Å². The minimum Gasteiger partial charge on any atom is -0.766 e. The van der Waals surface area contributed by atoms with Crippen LogP contribution in [0.3, 0.4) is 0 Å². The molecule has 0 rings (SSSR count). The van der Waals surface area contributed by atoms with Gasteiger partial charge in [0.2, 0.25) is 0 Å². The van der Waals surface area contributed by atoms with E-state index in [4.69, 9.17) is 26.3 Å². The molecule has 22 heavy (non-hydrogen) atoms. The Morgan fingerprint density at radius 3 is 0.545 bits per heavy atom. The molecule has 143 valence electrons. The second-order valence-corrected chi connectivity index (χ2v) is 4.84. The van der Waals surface area contributed by atoms with Crippen molar-refractivity contribution in [2.24, 2.45) is 0 Å². The van der Waals surface area contributed by atoms with Gasteiger partial charge in [-0.05, 0) is 0 Å². The summed E-state index contributed by atoms with van der Waals surface area (Å²) in [6.07, 6.45) is 0. The number of hydrogen-bond donors (Lipinski definition) is 0. The first-order valence-corrected chi connectivity index (χ1v) is 6.54. The van der Waals surface area contributed by atoms with Gasteiger partial charge in [0.15, 0.2) is 0 Å². The van der Waals surface area contributed by atoms with Gasteiger partial charge in [-0.15, -0.1) is 0 Å². The fourth-order valence-corrected chi connectivity index (χ4v) is 0. The zero-order valence-electron chi connectivity index (χ0n) is 8.84. The van der Waals surface area contributed by atoms with Crippen molar-refractivity contribution in [1.82, 2.24) is 0 Å². The summed E-state index contributed by atoms with van der Waals surface area (Å²) < 4.78 is 148. The number of halogens is 9. The van der Waals surface area contributed by atoms with Crippen molar-refractivity contribution in [3.63, 3.8) is 0 Å². The molecule has 0 fully saturated rings. The van der Waals surface area contributed by atoms with E-state index in [2.05, 4.69) is 0 Å². The predicted octanol–water partition coefficient (Wildman–Crippen LogP) is 1.16. The topological polar surface area (TPSA) is 120 Å². The van der Waals surface area contributed by atoms with Crippen LogP contribution in [-0.4, -0.2) is 42.8 Å². The van der Waals surface area contributed by atoms with Crippen molar-refractivity contribution in [3.05, 3.63) is 0 Å². The predicted molar refractivity (Wildman–Crippen MR) is 44.9 cm³/mol. The molecule has 0 spiro atoms. The van der Waals surface area contributed by atoms with Crippen molar-refractivity contribution < 1.29 is 113 Å². The van der Waals surface area contributed by atoms with Crippen LogP contribution >= 0.6 is 0 Å². The van der Waals surface area contributed by atoms with E-state index in [1.807, 2.05) is 0 Å². The van der Waals surface area contributed by atoms with Gasteiger partial charge in [0.1, 0.15) is 0 Å². The Morgan fingerprint density at radius 1 is 0.500 bits per heavy atom. The van der Waals surface area contributed by atoms with Gasteiger partial charge < -0.3 is 13.7 Å². The van der Waals surface area contributed by atoms with Crippen LogP contribution in [0.15, 0.2) is 0 Å². The fraction of sp³-hybridized carbons (Fsp3) is 1.00. The Labute approximate surface area is 161 Å². The summed E-state index contributed by atoms with van der Waals surface area (Å²) in [5.74, 6) is 0. The molecule has 0 N–H and O–H groups in total. The molecule has 0 aliphatic rings. The van der Waals surface area contributed by atoms with Crippen LogP contribution in [0.4, 0.5) is 39.5 Å². The van der Waals surface area contributed by atoms with E-state index in [-0.39, 0.29) is 46.9 Å². The summed E-state index contributed by atoms with van der Waals surface area (Å²) in [7, 11) is 0. The van der Waals surface area contributed by atoms with Gasteiger partial charge in [-0.25, -0.2) is 0 Å². The Bertz CT molecular complexity index is 319. The zero-order valence-corrected chi connectivity index (χ0v) is 13.0. The van der Waals surface area contributed by atoms with Crippen LogP contribution in [0.2, 0.25) is 0 Å². The maximum Gasteiger partial charge on any atom is 3.00 e. The molecule has 0 amide bonds. The van der Waals surface area contributed by atoms with Crippen molar-refractivity contribution >= 4 is 33.2 Å². The smallest absolute Gasteiger partial charge is 0.766 e. The summed E-state index contributed by atoms with van der Waals surface area (Å²) in [4.78, 5) is 0. The summed E-state index contributed by atoms with van der Waals surface area (Å²) in [5.41, 5.74) is -15.2. The van der Waals surface area contributed by atoms with E-state index >= 15 is 0 Å². The third kappa shape index (κ3) is 23.5. The SMILES string of the molecule is O=S([O-])C(F)(F)F.O=S([O-])C(F)(F)F.O=S([O-])C(F)(F)F.[Yb+3]. The van der Waals surface area contributed by atoms with Crippen molar-refractivity contribution in [1.29, 1.82) is 0 Å². The molecule has 3 unspecified atom stereocenters. The first-order valence-electron chi connectivity index (χ1n) is 3.31. The molecule has 0 aromatic rings. The Hall–Kier alpha value is 1.22. The summed E-state index contributed by atoms with van der Waals surface area (Å²) in [6, 6.07) is 0. The van der Waals surface area contributed by atoms with E-state index in [0.717, 1.165) is 0 Å². The Balaban J connectivity index is -0.000000108. The van der Waals surface area contributed by atoms with Gasteiger partial charge in [0, 0.05) is 0 Å². The summed E-state index contributed by atoms with van der Waals surface area (Å²) in [5, 5.41) is 0. The molecule has 19 heteroatoms. The van der Waals surface area contributed by atoms with Gasteiger partial charge in [-0.3, -0.25) is 12.6 Å². The molecule has 0 aliphatic heterocycles.